The van der Waals surface area contributed by atoms with Crippen molar-refractivity contribution in [2.75, 3.05) is 7.05 Å². The summed E-state index contributed by atoms with van der Waals surface area (Å²) in [6, 6.07) is 0.607. The van der Waals surface area contributed by atoms with Crippen LogP contribution in [0.25, 0.3) is 0 Å². The Bertz CT molecular complexity index is 182. The summed E-state index contributed by atoms with van der Waals surface area (Å²) in [5, 5.41) is 0. The molecular weight excluding hydrogens is 201 g/mol. The summed E-state index contributed by atoms with van der Waals surface area (Å²) >= 11 is 5.19. The molecular formula is C12H24BNS. The molecule has 0 heterocycles. The highest BCUT2D eigenvalue weighted by Crippen LogP contribution is 2.15. The van der Waals surface area contributed by atoms with Gasteiger partial charge in [-0.25, -0.2) is 0 Å². The molecule has 0 fully saturated rings. The lowest BCUT2D eigenvalue weighted by atomic mass is 9.85. The van der Waals surface area contributed by atoms with E-state index in [1.807, 2.05) is 6.92 Å². The second kappa shape index (κ2) is 8.15. The van der Waals surface area contributed by atoms with Gasteiger partial charge in [0.1, 0.15) is 0 Å². The van der Waals surface area contributed by atoms with Gasteiger partial charge < -0.3 is 4.90 Å². The number of unbranched alkanes of at least 4 members (excludes halogenated alkanes) is 1. The fraction of sp³-hybridized carbons (Fsp3) is 0.917. The van der Waals surface area contributed by atoms with Gasteiger partial charge in [0.15, 0.2) is 0 Å². The van der Waals surface area contributed by atoms with Crippen molar-refractivity contribution in [2.45, 2.75) is 64.7 Å². The molecule has 2 unspecified atom stereocenters. The Balaban J connectivity index is 3.75. The highest BCUT2D eigenvalue weighted by molar-refractivity contribution is 7.80. The molecule has 0 aromatic carbocycles. The second-order valence-electron chi connectivity index (χ2n) is 4.45. The van der Waals surface area contributed by atoms with Crippen molar-refractivity contribution in [2.24, 2.45) is 0 Å². The first-order valence-corrected chi connectivity index (χ1v) is 6.38. The van der Waals surface area contributed by atoms with E-state index in [0.29, 0.717) is 11.9 Å². The van der Waals surface area contributed by atoms with Crippen molar-refractivity contribution in [3.8, 4) is 0 Å². The molecule has 3 heteroatoms. The molecule has 2 atom stereocenters. The van der Waals surface area contributed by atoms with Crippen LogP contribution in [0.1, 0.15) is 52.9 Å². The van der Waals surface area contributed by atoms with E-state index in [1.54, 1.807) is 0 Å². The maximum atomic E-state index is 5.72. The molecule has 0 aliphatic carbocycles. The van der Waals surface area contributed by atoms with Gasteiger partial charge in [-0.05, 0) is 19.8 Å². The summed E-state index contributed by atoms with van der Waals surface area (Å²) in [7, 11) is 7.82. The standard InChI is InChI=1S/C12H24BNS/c1-5-12(14(4)11(3)15)9-7-6-8-10(2)13/h10,12H,5-9H2,1-4H3. The van der Waals surface area contributed by atoms with Gasteiger partial charge in [-0.15, -0.1) is 0 Å². The van der Waals surface area contributed by atoms with Crippen molar-refractivity contribution in [1.29, 1.82) is 0 Å². The van der Waals surface area contributed by atoms with Gasteiger partial charge in [0.25, 0.3) is 0 Å². The number of thiocarbonyl (C=S) groups is 1. The Morgan fingerprint density at radius 1 is 1.33 bits per heavy atom. The molecule has 0 saturated carbocycles. The third-order valence-electron chi connectivity index (χ3n) is 2.96. The van der Waals surface area contributed by atoms with E-state index in [2.05, 4.69) is 25.8 Å². The molecule has 0 aliphatic rings. The Kier molecular flexibility index (Phi) is 8.12. The Hall–Kier alpha value is -0.0451. The van der Waals surface area contributed by atoms with Crippen LogP contribution < -0.4 is 0 Å². The van der Waals surface area contributed by atoms with Gasteiger partial charge >= 0.3 is 0 Å². The molecule has 2 radical (unpaired) electrons. The molecule has 0 spiro atoms. The molecule has 86 valence electrons. The average Bonchev–Trinajstić information content (AvgIpc) is 2.16. The minimum absolute atomic E-state index is 0.343. The van der Waals surface area contributed by atoms with Crippen LogP contribution in [0.4, 0.5) is 0 Å². The molecule has 1 nitrogen and oxygen atoms in total. The number of nitrogens with zero attached hydrogens (tertiary/aromatic N) is 1. The summed E-state index contributed by atoms with van der Waals surface area (Å²) in [5.41, 5.74) is 0. The SMILES string of the molecule is [B]C(C)CCCCC(CC)N(C)C(C)=S. The van der Waals surface area contributed by atoms with E-state index < -0.39 is 0 Å². The molecule has 0 aromatic heterocycles. The first kappa shape index (κ1) is 15.0. The van der Waals surface area contributed by atoms with Crippen molar-refractivity contribution in [3.05, 3.63) is 0 Å². The summed E-state index contributed by atoms with van der Waals surface area (Å²) in [4.78, 5) is 3.22. The van der Waals surface area contributed by atoms with E-state index in [-0.39, 0.29) is 0 Å². The molecule has 0 rings (SSSR count). The third-order valence-corrected chi connectivity index (χ3v) is 3.25. The molecule has 0 bridgehead atoms. The van der Waals surface area contributed by atoms with Crippen molar-refractivity contribution in [1.82, 2.24) is 4.90 Å². The van der Waals surface area contributed by atoms with Crippen LogP contribution in [0, 0.1) is 0 Å². The molecule has 0 N–H and O–H groups in total. The van der Waals surface area contributed by atoms with Crippen molar-refractivity contribution in [3.63, 3.8) is 0 Å². The minimum atomic E-state index is 0.343. The molecule has 0 aromatic rings. The monoisotopic (exact) mass is 225 g/mol. The minimum Gasteiger partial charge on any atom is -0.366 e. The van der Waals surface area contributed by atoms with E-state index in [0.717, 1.165) is 11.4 Å². The second-order valence-corrected chi connectivity index (χ2v) is 5.04. The quantitative estimate of drug-likeness (QED) is 0.370. The lowest BCUT2D eigenvalue weighted by Crippen LogP contribution is -2.33. The van der Waals surface area contributed by atoms with Crippen LogP contribution in [-0.4, -0.2) is 30.8 Å². The first-order chi connectivity index (χ1) is 6.99. The van der Waals surface area contributed by atoms with E-state index in [9.17, 15) is 0 Å². The number of hydrogen-bond acceptors (Lipinski definition) is 1. The van der Waals surface area contributed by atoms with Crippen molar-refractivity contribution < 1.29 is 0 Å². The summed E-state index contributed by atoms with van der Waals surface area (Å²) in [6.45, 7) is 6.30. The normalized spacial score (nSPS) is 14.7. The van der Waals surface area contributed by atoms with E-state index in [1.165, 1.54) is 25.7 Å². The predicted octanol–water partition coefficient (Wildman–Crippen LogP) is 3.58. The van der Waals surface area contributed by atoms with Gasteiger partial charge in [0.2, 0.25) is 0 Å². The largest absolute Gasteiger partial charge is 0.366 e. The maximum absolute atomic E-state index is 5.72. The number of hydrogen-bond donors (Lipinski definition) is 0. The predicted molar refractivity (Wildman–Crippen MR) is 73.8 cm³/mol. The Labute approximate surface area is 102 Å². The zero-order chi connectivity index (χ0) is 11.8. The zero-order valence-corrected chi connectivity index (χ0v) is 11.4. The smallest absolute Gasteiger partial charge is 0.0747 e. The van der Waals surface area contributed by atoms with Crippen molar-refractivity contribution >= 4 is 25.1 Å². The highest BCUT2D eigenvalue weighted by atomic mass is 32.1. The Morgan fingerprint density at radius 3 is 2.27 bits per heavy atom. The average molecular weight is 225 g/mol. The molecule has 15 heavy (non-hydrogen) atoms. The topological polar surface area (TPSA) is 3.24 Å². The van der Waals surface area contributed by atoms with Gasteiger partial charge in [0.05, 0.1) is 12.8 Å². The van der Waals surface area contributed by atoms with Crippen LogP contribution in [0.15, 0.2) is 0 Å². The molecule has 0 amide bonds. The Morgan fingerprint density at radius 2 is 1.87 bits per heavy atom. The lowest BCUT2D eigenvalue weighted by Gasteiger charge is -2.28. The van der Waals surface area contributed by atoms with Crippen LogP contribution in [0.2, 0.25) is 5.82 Å². The maximum Gasteiger partial charge on any atom is 0.0747 e. The zero-order valence-electron chi connectivity index (χ0n) is 10.6. The van der Waals surface area contributed by atoms with Crippen LogP contribution in [0.5, 0.6) is 0 Å². The van der Waals surface area contributed by atoms with Gasteiger partial charge in [-0.1, -0.05) is 51.1 Å². The summed E-state index contributed by atoms with van der Waals surface area (Å²) in [5.74, 6) is 0.343. The third kappa shape index (κ3) is 6.94. The van der Waals surface area contributed by atoms with Crippen LogP contribution >= 0.6 is 12.2 Å². The molecule has 0 aliphatic heterocycles. The van der Waals surface area contributed by atoms with Crippen LogP contribution in [0.3, 0.4) is 0 Å². The lowest BCUT2D eigenvalue weighted by molar-refractivity contribution is 0.328. The highest BCUT2D eigenvalue weighted by Gasteiger charge is 2.12. The van der Waals surface area contributed by atoms with Gasteiger partial charge in [0, 0.05) is 13.1 Å². The summed E-state index contributed by atoms with van der Waals surface area (Å²) in [6.07, 6.45) is 6.03. The van der Waals surface area contributed by atoms with Gasteiger partial charge in [-0.3, -0.25) is 0 Å². The fourth-order valence-electron chi connectivity index (χ4n) is 1.78. The first-order valence-electron chi connectivity index (χ1n) is 5.98. The van der Waals surface area contributed by atoms with E-state index >= 15 is 0 Å². The number of rotatable bonds is 7. The summed E-state index contributed by atoms with van der Waals surface area (Å²) < 4.78 is 0. The fourth-order valence-corrected chi connectivity index (χ4v) is 1.92. The van der Waals surface area contributed by atoms with E-state index in [4.69, 9.17) is 20.1 Å². The molecule has 0 saturated heterocycles. The van der Waals surface area contributed by atoms with Crippen LogP contribution in [-0.2, 0) is 0 Å². The van der Waals surface area contributed by atoms with Gasteiger partial charge in [-0.2, -0.15) is 0 Å².